The van der Waals surface area contributed by atoms with E-state index in [9.17, 15) is 19.0 Å². The lowest BCUT2D eigenvalue weighted by Crippen LogP contribution is -2.42. The highest BCUT2D eigenvalue weighted by molar-refractivity contribution is 7.52. The van der Waals surface area contributed by atoms with Crippen LogP contribution in [0.4, 0.5) is 4.79 Å². The highest BCUT2D eigenvalue weighted by atomic mass is 31.2. The highest BCUT2D eigenvalue weighted by Crippen LogP contribution is 2.41. The van der Waals surface area contributed by atoms with E-state index in [0.29, 0.717) is 0 Å². The summed E-state index contributed by atoms with van der Waals surface area (Å²) in [5.41, 5.74) is 1.56. The molecule has 0 spiro atoms. The summed E-state index contributed by atoms with van der Waals surface area (Å²) in [7, 11) is -2.75. The predicted molar refractivity (Wildman–Crippen MR) is 106 cm³/mol. The van der Waals surface area contributed by atoms with Gasteiger partial charge < -0.3 is 24.2 Å². The Morgan fingerprint density at radius 2 is 1.48 bits per heavy atom. The van der Waals surface area contributed by atoms with Gasteiger partial charge in [-0.3, -0.25) is 4.57 Å². The van der Waals surface area contributed by atoms with Crippen LogP contribution in [0.2, 0.25) is 0 Å². The Balaban J connectivity index is 1.94. The van der Waals surface area contributed by atoms with E-state index in [2.05, 4.69) is 9.84 Å². The molecule has 1 amide bonds. The Kier molecular flexibility index (Phi) is 8.86. The third kappa shape index (κ3) is 8.48. The smallest absolute Gasteiger partial charge is 0.408 e. The fourth-order valence-corrected chi connectivity index (χ4v) is 3.14. The van der Waals surface area contributed by atoms with E-state index in [0.717, 1.165) is 18.2 Å². The van der Waals surface area contributed by atoms with Crippen LogP contribution in [-0.2, 0) is 36.6 Å². The van der Waals surface area contributed by atoms with Crippen molar-refractivity contribution in [2.45, 2.75) is 25.7 Å². The Hall–Kier alpha value is -2.67. The quantitative estimate of drug-likeness (QED) is 0.447. The molecule has 0 saturated carbocycles. The minimum atomic E-state index is -3.85. The topological polar surface area (TPSA) is 111 Å². The van der Waals surface area contributed by atoms with Crippen LogP contribution in [-0.4, -0.2) is 36.3 Å². The maximum Gasteiger partial charge on any atom is 0.408 e. The van der Waals surface area contributed by atoms with Crippen molar-refractivity contribution in [3.05, 3.63) is 71.8 Å². The second-order valence-electron chi connectivity index (χ2n) is 6.18. The van der Waals surface area contributed by atoms with Crippen molar-refractivity contribution in [2.24, 2.45) is 0 Å². The number of hydrogen-bond donors (Lipinski definition) is 2. The van der Waals surface area contributed by atoms with Gasteiger partial charge in [-0.05, 0) is 17.5 Å². The number of alkyl carbamates (subject to hydrolysis) is 1. The van der Waals surface area contributed by atoms with Gasteiger partial charge in [-0.15, -0.1) is 0 Å². The number of ether oxygens (including phenoxy) is 2. The molecular weight excluding hydrogens is 397 g/mol. The summed E-state index contributed by atoms with van der Waals surface area (Å²) in [5, 5.41) is 2.40. The highest BCUT2D eigenvalue weighted by Gasteiger charge is 2.27. The summed E-state index contributed by atoms with van der Waals surface area (Å²) in [6.07, 6.45) is -1.30. The average Bonchev–Trinajstić information content (AvgIpc) is 2.75. The second-order valence-corrected chi connectivity index (χ2v) is 8.27. The summed E-state index contributed by atoms with van der Waals surface area (Å²) < 4.78 is 26.6. The maximum absolute atomic E-state index is 12.4. The van der Waals surface area contributed by atoms with Crippen molar-refractivity contribution in [3.8, 4) is 0 Å². The van der Waals surface area contributed by atoms with Gasteiger partial charge in [0, 0.05) is 7.11 Å². The molecule has 2 aromatic rings. The average molecular weight is 421 g/mol. The van der Waals surface area contributed by atoms with E-state index in [1.807, 2.05) is 24.3 Å². The zero-order valence-corrected chi connectivity index (χ0v) is 16.9. The summed E-state index contributed by atoms with van der Waals surface area (Å²) in [4.78, 5) is 34.1. The first-order chi connectivity index (χ1) is 13.9. The number of amides is 1. The molecule has 2 aromatic carbocycles. The van der Waals surface area contributed by atoms with Crippen molar-refractivity contribution in [2.75, 3.05) is 13.3 Å². The van der Waals surface area contributed by atoms with Crippen LogP contribution in [0.25, 0.3) is 0 Å². The van der Waals surface area contributed by atoms with E-state index in [1.165, 1.54) is 0 Å². The lowest BCUT2D eigenvalue weighted by Gasteiger charge is -2.18. The molecule has 0 saturated heterocycles. The Bertz CT molecular complexity index is 829. The first-order valence-corrected chi connectivity index (χ1v) is 10.7. The predicted octanol–water partition coefficient (Wildman–Crippen LogP) is 3.25. The van der Waals surface area contributed by atoms with Gasteiger partial charge in [0.05, 0.1) is 6.16 Å². The Morgan fingerprint density at radius 1 is 0.966 bits per heavy atom. The van der Waals surface area contributed by atoms with E-state index in [-0.39, 0.29) is 25.8 Å². The Morgan fingerprint density at radius 3 is 2.00 bits per heavy atom. The number of benzene rings is 2. The first kappa shape index (κ1) is 22.6. The van der Waals surface area contributed by atoms with Crippen LogP contribution in [0.1, 0.15) is 17.5 Å². The van der Waals surface area contributed by atoms with Gasteiger partial charge >= 0.3 is 19.7 Å². The number of hydrogen-bond acceptors (Lipinski definition) is 6. The van der Waals surface area contributed by atoms with E-state index < -0.39 is 25.7 Å². The minimum Gasteiger partial charge on any atom is -0.459 e. The van der Waals surface area contributed by atoms with Gasteiger partial charge in [-0.25, -0.2) is 9.59 Å². The number of nitrogens with one attached hydrogen (secondary N) is 1. The van der Waals surface area contributed by atoms with Crippen LogP contribution in [0, 0.1) is 0 Å². The monoisotopic (exact) mass is 421 g/mol. The number of esters is 1. The third-order valence-electron chi connectivity index (χ3n) is 4.00. The van der Waals surface area contributed by atoms with Crippen molar-refractivity contribution in [1.82, 2.24) is 5.32 Å². The molecule has 29 heavy (non-hydrogen) atoms. The molecule has 2 rings (SSSR count). The van der Waals surface area contributed by atoms with Crippen LogP contribution in [0.3, 0.4) is 0 Å². The second kappa shape index (κ2) is 11.4. The van der Waals surface area contributed by atoms with Crippen molar-refractivity contribution >= 4 is 19.7 Å². The molecule has 2 N–H and O–H groups in total. The molecule has 0 heterocycles. The summed E-state index contributed by atoms with van der Waals surface area (Å²) in [6, 6.07) is 16.9. The fraction of sp³-hybridized carbons (Fsp3) is 0.300. The van der Waals surface area contributed by atoms with Gasteiger partial charge in [-0.2, -0.15) is 0 Å². The third-order valence-corrected chi connectivity index (χ3v) is 5.39. The molecule has 156 valence electrons. The molecule has 0 aromatic heterocycles. The van der Waals surface area contributed by atoms with Crippen LogP contribution in [0.5, 0.6) is 0 Å². The van der Waals surface area contributed by atoms with Crippen LogP contribution < -0.4 is 5.32 Å². The lowest BCUT2D eigenvalue weighted by atomic mass is 10.2. The molecule has 2 atom stereocenters. The van der Waals surface area contributed by atoms with Crippen molar-refractivity contribution < 1.29 is 33.0 Å². The molecule has 0 aliphatic rings. The van der Waals surface area contributed by atoms with E-state index in [4.69, 9.17) is 9.47 Å². The molecule has 0 fully saturated rings. The van der Waals surface area contributed by atoms with Gasteiger partial charge in [-0.1, -0.05) is 60.7 Å². The summed E-state index contributed by atoms with van der Waals surface area (Å²) >= 11 is 0. The fourth-order valence-electron chi connectivity index (χ4n) is 2.37. The molecular formula is C20H24NO7P. The number of rotatable bonds is 10. The summed E-state index contributed by atoms with van der Waals surface area (Å²) in [5.74, 6) is -0.735. The van der Waals surface area contributed by atoms with Gasteiger partial charge in [0.2, 0.25) is 0 Å². The normalized spacial score (nSPS) is 13.7. The molecule has 8 nitrogen and oxygen atoms in total. The standard InChI is InChI=1S/C20H24NO7P/c1-26-29(24,25)13-12-18(19(22)27-14-16-8-4-2-5-9-16)21-20(23)28-15-17-10-6-3-7-11-17/h2-11,18H,12-15H2,1H3,(H,21,23)(H,24,25). The lowest BCUT2D eigenvalue weighted by molar-refractivity contribution is -0.147. The van der Waals surface area contributed by atoms with Gasteiger partial charge in [0.15, 0.2) is 0 Å². The number of carbonyl (C=O) groups excluding carboxylic acids is 2. The molecule has 9 heteroatoms. The van der Waals surface area contributed by atoms with Crippen LogP contribution >= 0.6 is 7.60 Å². The van der Waals surface area contributed by atoms with Crippen molar-refractivity contribution in [1.29, 1.82) is 0 Å². The van der Waals surface area contributed by atoms with Gasteiger partial charge in [0.25, 0.3) is 0 Å². The zero-order chi connectivity index (χ0) is 21.1. The number of carbonyl (C=O) groups is 2. The minimum absolute atomic E-state index is 0.0119. The maximum atomic E-state index is 12.4. The largest absolute Gasteiger partial charge is 0.459 e. The van der Waals surface area contributed by atoms with E-state index in [1.54, 1.807) is 36.4 Å². The van der Waals surface area contributed by atoms with Gasteiger partial charge in [0.1, 0.15) is 19.3 Å². The first-order valence-electron chi connectivity index (χ1n) is 8.95. The molecule has 0 aliphatic carbocycles. The summed E-state index contributed by atoms with van der Waals surface area (Å²) in [6.45, 7) is 0.0347. The molecule has 2 unspecified atom stereocenters. The van der Waals surface area contributed by atoms with Crippen LogP contribution in [0.15, 0.2) is 60.7 Å². The zero-order valence-electron chi connectivity index (χ0n) is 16.0. The Labute approximate surface area is 169 Å². The molecule has 0 bridgehead atoms. The molecule has 0 radical (unpaired) electrons. The van der Waals surface area contributed by atoms with E-state index >= 15 is 0 Å². The molecule has 0 aliphatic heterocycles. The SMILES string of the molecule is COP(=O)(O)CCC(NC(=O)OCc1ccccc1)C(=O)OCc1ccccc1. The van der Waals surface area contributed by atoms with Crippen molar-refractivity contribution in [3.63, 3.8) is 0 Å².